The van der Waals surface area contributed by atoms with Crippen LogP contribution in [0.3, 0.4) is 0 Å². The Bertz CT molecular complexity index is 62.4. The lowest BCUT2D eigenvalue weighted by atomic mass is 9.90. The summed E-state index contributed by atoms with van der Waals surface area (Å²) >= 11 is 0. The zero-order chi connectivity index (χ0) is 7.44. The molecule has 0 aliphatic carbocycles. The summed E-state index contributed by atoms with van der Waals surface area (Å²) in [7, 11) is 0. The average molecular weight is 127 g/mol. The van der Waals surface area contributed by atoms with Crippen molar-refractivity contribution in [3.63, 3.8) is 0 Å². The standard InChI is InChI=1S/C9H19/c1-7(2)6-9(5)8(3)4/h7-9H,3,6H2,1-2,4-5H3. The molecule has 0 aliphatic heterocycles. The Labute approximate surface area is 59.7 Å². The van der Waals surface area contributed by atoms with Gasteiger partial charge in [-0.25, -0.2) is 0 Å². The first-order valence-corrected chi connectivity index (χ1v) is 3.87. The largest absolute Gasteiger partial charge is 0.0628 e. The summed E-state index contributed by atoms with van der Waals surface area (Å²) in [5, 5.41) is 0. The van der Waals surface area contributed by atoms with E-state index >= 15 is 0 Å². The number of hydrogen-bond donors (Lipinski definition) is 0. The molecule has 0 N–H and O–H groups in total. The predicted octanol–water partition coefficient (Wildman–Crippen LogP) is 3.14. The molecule has 0 heteroatoms. The maximum atomic E-state index is 3.99. The van der Waals surface area contributed by atoms with Crippen molar-refractivity contribution in [1.29, 1.82) is 0 Å². The second-order valence-electron chi connectivity index (χ2n) is 3.58. The van der Waals surface area contributed by atoms with Gasteiger partial charge in [-0.05, 0) is 24.2 Å². The summed E-state index contributed by atoms with van der Waals surface area (Å²) in [4.78, 5) is 0. The topological polar surface area (TPSA) is 0 Å². The monoisotopic (exact) mass is 127 g/mol. The molecule has 0 heterocycles. The molecule has 0 fully saturated rings. The van der Waals surface area contributed by atoms with E-state index in [-0.39, 0.29) is 0 Å². The lowest BCUT2D eigenvalue weighted by Crippen LogP contribution is -2.06. The first-order chi connectivity index (χ1) is 4.04. The second kappa shape index (κ2) is 3.92. The van der Waals surface area contributed by atoms with E-state index in [1.165, 1.54) is 6.42 Å². The van der Waals surface area contributed by atoms with Gasteiger partial charge in [-0.15, -0.1) is 0 Å². The third kappa shape index (κ3) is 4.50. The first kappa shape index (κ1) is 9.00. The highest BCUT2D eigenvalue weighted by Gasteiger charge is 2.07. The van der Waals surface area contributed by atoms with E-state index in [1.807, 2.05) is 0 Å². The van der Waals surface area contributed by atoms with E-state index in [0.717, 1.165) is 11.8 Å². The van der Waals surface area contributed by atoms with Crippen LogP contribution in [0.1, 0.15) is 34.1 Å². The smallest absolute Gasteiger partial charge is 0.0415 e. The van der Waals surface area contributed by atoms with Crippen LogP contribution in [-0.4, -0.2) is 0 Å². The van der Waals surface area contributed by atoms with E-state index in [4.69, 9.17) is 0 Å². The Morgan fingerprint density at radius 3 is 1.67 bits per heavy atom. The van der Waals surface area contributed by atoms with Crippen LogP contribution in [0.2, 0.25) is 0 Å². The van der Waals surface area contributed by atoms with Crippen molar-refractivity contribution in [2.24, 2.45) is 17.8 Å². The van der Waals surface area contributed by atoms with Crippen LogP contribution in [0.15, 0.2) is 0 Å². The van der Waals surface area contributed by atoms with E-state index in [0.29, 0.717) is 5.92 Å². The zero-order valence-electron chi connectivity index (χ0n) is 7.15. The van der Waals surface area contributed by atoms with Crippen LogP contribution in [0.5, 0.6) is 0 Å². The van der Waals surface area contributed by atoms with Crippen LogP contribution < -0.4 is 0 Å². The van der Waals surface area contributed by atoms with Gasteiger partial charge in [0.15, 0.2) is 0 Å². The molecule has 0 saturated carbocycles. The predicted molar refractivity (Wildman–Crippen MR) is 43.1 cm³/mol. The Hall–Kier alpha value is 0. The zero-order valence-corrected chi connectivity index (χ0v) is 7.15. The van der Waals surface area contributed by atoms with Gasteiger partial charge in [-0.2, -0.15) is 0 Å². The number of hydrogen-bond acceptors (Lipinski definition) is 0. The molecule has 0 rings (SSSR count). The Balaban J connectivity index is 3.38. The lowest BCUT2D eigenvalue weighted by molar-refractivity contribution is 0.368. The fourth-order valence-electron chi connectivity index (χ4n) is 0.976. The Morgan fingerprint density at radius 2 is 1.56 bits per heavy atom. The molecule has 0 bridgehead atoms. The van der Waals surface area contributed by atoms with Crippen LogP contribution in [0.4, 0.5) is 0 Å². The minimum atomic E-state index is 0.604. The molecule has 9 heavy (non-hydrogen) atoms. The fraction of sp³-hybridized carbons (Fsp3) is 0.889. The second-order valence-corrected chi connectivity index (χ2v) is 3.58. The van der Waals surface area contributed by atoms with E-state index in [9.17, 15) is 0 Å². The average Bonchev–Trinajstić information content (AvgIpc) is 1.63. The third-order valence-electron chi connectivity index (χ3n) is 1.81. The van der Waals surface area contributed by atoms with Gasteiger partial charge in [0.05, 0.1) is 0 Å². The molecule has 0 aromatic heterocycles. The van der Waals surface area contributed by atoms with Gasteiger partial charge in [-0.3, -0.25) is 0 Å². The SMILES string of the molecule is [CH2]C(C)C(C)CC(C)C. The highest BCUT2D eigenvalue weighted by Crippen LogP contribution is 2.18. The molecule has 55 valence electrons. The van der Waals surface area contributed by atoms with E-state index < -0.39 is 0 Å². The van der Waals surface area contributed by atoms with Gasteiger partial charge in [-0.1, -0.05) is 34.6 Å². The molecule has 0 aromatic carbocycles. The quantitative estimate of drug-likeness (QED) is 0.546. The van der Waals surface area contributed by atoms with E-state index in [2.05, 4.69) is 34.6 Å². The molecule has 2 atom stereocenters. The van der Waals surface area contributed by atoms with Crippen molar-refractivity contribution in [3.05, 3.63) is 6.92 Å². The summed E-state index contributed by atoms with van der Waals surface area (Å²) in [5.41, 5.74) is 0. The molecule has 0 spiro atoms. The summed E-state index contributed by atoms with van der Waals surface area (Å²) < 4.78 is 0. The van der Waals surface area contributed by atoms with Gasteiger partial charge in [0.2, 0.25) is 0 Å². The van der Waals surface area contributed by atoms with Crippen LogP contribution in [0, 0.1) is 24.7 Å². The van der Waals surface area contributed by atoms with Crippen molar-refractivity contribution in [2.45, 2.75) is 34.1 Å². The maximum absolute atomic E-state index is 3.99. The highest BCUT2D eigenvalue weighted by molar-refractivity contribution is 4.64. The minimum Gasteiger partial charge on any atom is -0.0628 e. The molecule has 0 aliphatic rings. The maximum Gasteiger partial charge on any atom is -0.0415 e. The van der Waals surface area contributed by atoms with Gasteiger partial charge in [0.25, 0.3) is 0 Å². The normalized spacial score (nSPS) is 15.0. The minimum absolute atomic E-state index is 0.604. The molecule has 0 amide bonds. The molecule has 2 unspecified atom stereocenters. The first-order valence-electron chi connectivity index (χ1n) is 3.87. The lowest BCUT2D eigenvalue weighted by Gasteiger charge is -2.16. The fourth-order valence-corrected chi connectivity index (χ4v) is 0.976. The third-order valence-corrected chi connectivity index (χ3v) is 1.81. The van der Waals surface area contributed by atoms with E-state index in [1.54, 1.807) is 0 Å². The van der Waals surface area contributed by atoms with Gasteiger partial charge >= 0.3 is 0 Å². The molecule has 1 radical (unpaired) electrons. The van der Waals surface area contributed by atoms with Crippen molar-refractivity contribution in [2.75, 3.05) is 0 Å². The van der Waals surface area contributed by atoms with Crippen LogP contribution in [0.25, 0.3) is 0 Å². The van der Waals surface area contributed by atoms with Crippen molar-refractivity contribution < 1.29 is 0 Å². The van der Waals surface area contributed by atoms with Crippen LogP contribution in [-0.2, 0) is 0 Å². The van der Waals surface area contributed by atoms with Gasteiger partial charge in [0, 0.05) is 0 Å². The Kier molecular flexibility index (Phi) is 3.92. The Morgan fingerprint density at radius 1 is 1.11 bits per heavy atom. The molecule has 0 aromatic rings. The summed E-state index contributed by atoms with van der Waals surface area (Å²) in [6.45, 7) is 13.0. The summed E-state index contributed by atoms with van der Waals surface area (Å²) in [6, 6.07) is 0. The van der Waals surface area contributed by atoms with Crippen molar-refractivity contribution >= 4 is 0 Å². The van der Waals surface area contributed by atoms with Gasteiger partial charge < -0.3 is 0 Å². The van der Waals surface area contributed by atoms with Crippen LogP contribution >= 0.6 is 0 Å². The van der Waals surface area contributed by atoms with Crippen molar-refractivity contribution in [3.8, 4) is 0 Å². The highest BCUT2D eigenvalue weighted by atomic mass is 14.1. The summed E-state index contributed by atoms with van der Waals surface area (Å²) in [5.74, 6) is 2.21. The molecule has 0 nitrogen and oxygen atoms in total. The van der Waals surface area contributed by atoms with Gasteiger partial charge in [0.1, 0.15) is 0 Å². The number of rotatable bonds is 3. The summed E-state index contributed by atoms with van der Waals surface area (Å²) in [6.07, 6.45) is 1.31. The molecular formula is C9H19. The molecular weight excluding hydrogens is 108 g/mol. The molecule has 0 saturated heterocycles. The van der Waals surface area contributed by atoms with Crippen molar-refractivity contribution in [1.82, 2.24) is 0 Å².